The Morgan fingerprint density at radius 2 is 2.10 bits per heavy atom. The number of rotatable bonds is 5. The fourth-order valence-corrected chi connectivity index (χ4v) is 2.76. The van der Waals surface area contributed by atoms with Gasteiger partial charge in [0.15, 0.2) is 5.82 Å². The maximum Gasteiger partial charge on any atom is 0.229 e. The van der Waals surface area contributed by atoms with E-state index in [0.29, 0.717) is 18.6 Å². The molecule has 1 aromatic rings. The summed E-state index contributed by atoms with van der Waals surface area (Å²) in [5.41, 5.74) is 0. The molecule has 6 nitrogen and oxygen atoms in total. The van der Waals surface area contributed by atoms with Crippen LogP contribution in [-0.2, 0) is 15.9 Å². The topological polar surface area (TPSA) is 69.4 Å². The van der Waals surface area contributed by atoms with Gasteiger partial charge in [0.25, 0.3) is 0 Å². The average molecular weight is 318 g/mol. The SMILES string of the molecule is C1CNCC(OCCc2noc(C3CCOCC3)n2)C1.Cl. The predicted molar refractivity (Wildman–Crippen MR) is 79.9 cm³/mol. The van der Waals surface area contributed by atoms with Crippen molar-refractivity contribution in [3.63, 3.8) is 0 Å². The molecule has 0 bridgehead atoms. The van der Waals surface area contributed by atoms with E-state index in [1.807, 2.05) is 0 Å². The van der Waals surface area contributed by atoms with Crippen molar-refractivity contribution in [1.29, 1.82) is 0 Å². The summed E-state index contributed by atoms with van der Waals surface area (Å²) in [6, 6.07) is 0. The molecule has 0 radical (unpaired) electrons. The lowest BCUT2D eigenvalue weighted by atomic mass is 10.0. The molecule has 0 spiro atoms. The molecule has 120 valence electrons. The molecule has 0 saturated carbocycles. The lowest BCUT2D eigenvalue weighted by Crippen LogP contribution is -2.35. The van der Waals surface area contributed by atoms with Gasteiger partial charge in [0.1, 0.15) is 0 Å². The van der Waals surface area contributed by atoms with Gasteiger partial charge in [-0.25, -0.2) is 0 Å². The third-order valence-electron chi connectivity index (χ3n) is 3.99. The Balaban J connectivity index is 0.00000161. The lowest BCUT2D eigenvalue weighted by molar-refractivity contribution is 0.0381. The molecular weight excluding hydrogens is 294 g/mol. The number of hydrogen-bond donors (Lipinski definition) is 1. The minimum Gasteiger partial charge on any atom is -0.381 e. The van der Waals surface area contributed by atoms with E-state index in [-0.39, 0.29) is 12.4 Å². The fourth-order valence-electron chi connectivity index (χ4n) is 2.76. The summed E-state index contributed by atoms with van der Waals surface area (Å²) in [4.78, 5) is 4.49. The Bertz CT molecular complexity index is 404. The lowest BCUT2D eigenvalue weighted by Gasteiger charge is -2.22. The molecule has 1 atom stereocenters. The third kappa shape index (κ3) is 4.92. The van der Waals surface area contributed by atoms with Crippen LogP contribution in [-0.4, -0.2) is 49.2 Å². The Kier molecular flexibility index (Phi) is 6.89. The molecule has 1 unspecified atom stereocenters. The zero-order valence-electron chi connectivity index (χ0n) is 12.3. The van der Waals surface area contributed by atoms with Crippen LogP contribution in [0.5, 0.6) is 0 Å². The van der Waals surface area contributed by atoms with Crippen molar-refractivity contribution in [3.05, 3.63) is 11.7 Å². The van der Waals surface area contributed by atoms with E-state index in [0.717, 1.165) is 63.7 Å². The maximum atomic E-state index is 5.84. The molecule has 2 aliphatic rings. The molecule has 0 amide bonds. The summed E-state index contributed by atoms with van der Waals surface area (Å²) in [5.74, 6) is 1.89. The quantitative estimate of drug-likeness (QED) is 0.891. The summed E-state index contributed by atoms with van der Waals surface area (Å²) in [6.07, 6.45) is 5.36. The monoisotopic (exact) mass is 317 g/mol. The number of aromatic nitrogens is 2. The van der Waals surface area contributed by atoms with E-state index in [2.05, 4.69) is 15.5 Å². The van der Waals surface area contributed by atoms with Crippen molar-refractivity contribution >= 4 is 12.4 Å². The van der Waals surface area contributed by atoms with Crippen LogP contribution in [0.1, 0.15) is 43.3 Å². The second-order valence-electron chi connectivity index (χ2n) is 5.52. The van der Waals surface area contributed by atoms with Gasteiger partial charge >= 0.3 is 0 Å². The zero-order valence-corrected chi connectivity index (χ0v) is 13.1. The van der Waals surface area contributed by atoms with Crippen LogP contribution in [0, 0.1) is 0 Å². The first-order valence-electron chi connectivity index (χ1n) is 7.64. The van der Waals surface area contributed by atoms with Gasteiger partial charge in [0.05, 0.1) is 12.7 Å². The van der Waals surface area contributed by atoms with E-state index in [1.54, 1.807) is 0 Å². The highest BCUT2D eigenvalue weighted by Crippen LogP contribution is 2.25. The molecule has 3 rings (SSSR count). The van der Waals surface area contributed by atoms with Crippen LogP contribution in [0.3, 0.4) is 0 Å². The summed E-state index contributed by atoms with van der Waals surface area (Å²) < 4.78 is 16.5. The van der Waals surface area contributed by atoms with Crippen molar-refractivity contribution < 1.29 is 14.0 Å². The van der Waals surface area contributed by atoms with Gasteiger partial charge in [-0.2, -0.15) is 4.98 Å². The van der Waals surface area contributed by atoms with E-state index in [1.165, 1.54) is 6.42 Å². The van der Waals surface area contributed by atoms with E-state index in [4.69, 9.17) is 14.0 Å². The molecule has 21 heavy (non-hydrogen) atoms. The number of ether oxygens (including phenoxy) is 2. The second-order valence-corrected chi connectivity index (χ2v) is 5.52. The van der Waals surface area contributed by atoms with Crippen LogP contribution >= 0.6 is 12.4 Å². The normalized spacial score (nSPS) is 23.7. The smallest absolute Gasteiger partial charge is 0.229 e. The van der Waals surface area contributed by atoms with Crippen molar-refractivity contribution in [1.82, 2.24) is 15.5 Å². The molecule has 0 aromatic carbocycles. The highest BCUT2D eigenvalue weighted by molar-refractivity contribution is 5.85. The van der Waals surface area contributed by atoms with Gasteiger partial charge in [0, 0.05) is 32.1 Å². The van der Waals surface area contributed by atoms with Crippen molar-refractivity contribution in [2.75, 3.05) is 32.9 Å². The van der Waals surface area contributed by atoms with E-state index >= 15 is 0 Å². The van der Waals surface area contributed by atoms with Crippen LogP contribution in [0.15, 0.2) is 4.52 Å². The molecular formula is C14H24ClN3O3. The highest BCUT2D eigenvalue weighted by atomic mass is 35.5. The number of piperidine rings is 1. The van der Waals surface area contributed by atoms with Gasteiger partial charge in [-0.15, -0.1) is 12.4 Å². The summed E-state index contributed by atoms with van der Waals surface area (Å²) >= 11 is 0. The first kappa shape index (κ1) is 16.7. The summed E-state index contributed by atoms with van der Waals surface area (Å²) in [7, 11) is 0. The van der Waals surface area contributed by atoms with E-state index < -0.39 is 0 Å². The predicted octanol–water partition coefficient (Wildman–Crippen LogP) is 1.70. The Hall–Kier alpha value is -0.690. The first-order valence-corrected chi connectivity index (χ1v) is 7.64. The standard InChI is InChI=1S/C14H23N3O3.ClH/c1-2-12(10-15-6-1)19-9-5-13-16-14(20-17-13)11-3-7-18-8-4-11;/h11-12,15H,1-10H2;1H. The van der Waals surface area contributed by atoms with Gasteiger partial charge in [-0.1, -0.05) is 5.16 Å². The number of hydrogen-bond acceptors (Lipinski definition) is 6. The molecule has 1 N–H and O–H groups in total. The average Bonchev–Trinajstić information content (AvgIpc) is 2.98. The zero-order chi connectivity index (χ0) is 13.6. The van der Waals surface area contributed by atoms with Crippen molar-refractivity contribution in [2.24, 2.45) is 0 Å². The summed E-state index contributed by atoms with van der Waals surface area (Å²) in [6.45, 7) is 4.32. The van der Waals surface area contributed by atoms with Crippen LogP contribution < -0.4 is 5.32 Å². The van der Waals surface area contributed by atoms with Crippen molar-refractivity contribution in [2.45, 2.75) is 44.1 Å². The molecule has 2 fully saturated rings. The van der Waals surface area contributed by atoms with Crippen LogP contribution in [0.4, 0.5) is 0 Å². The molecule has 2 saturated heterocycles. The number of nitrogens with zero attached hydrogens (tertiary/aromatic N) is 2. The second kappa shape index (κ2) is 8.68. The van der Waals surface area contributed by atoms with Gasteiger partial charge in [-0.05, 0) is 32.2 Å². The minimum atomic E-state index is 0. The largest absolute Gasteiger partial charge is 0.381 e. The Morgan fingerprint density at radius 3 is 2.86 bits per heavy atom. The Labute approximate surface area is 131 Å². The molecule has 3 heterocycles. The summed E-state index contributed by atoms with van der Waals surface area (Å²) in [5, 5.41) is 7.40. The Morgan fingerprint density at radius 1 is 1.24 bits per heavy atom. The van der Waals surface area contributed by atoms with Gasteiger partial charge < -0.3 is 19.3 Å². The first-order chi connectivity index (χ1) is 9.92. The maximum absolute atomic E-state index is 5.84. The third-order valence-corrected chi connectivity index (χ3v) is 3.99. The molecule has 7 heteroatoms. The minimum absolute atomic E-state index is 0. The van der Waals surface area contributed by atoms with Crippen LogP contribution in [0.25, 0.3) is 0 Å². The van der Waals surface area contributed by atoms with E-state index in [9.17, 15) is 0 Å². The fraction of sp³-hybridized carbons (Fsp3) is 0.857. The molecule has 0 aliphatic carbocycles. The molecule has 2 aliphatic heterocycles. The van der Waals surface area contributed by atoms with Crippen LogP contribution in [0.2, 0.25) is 0 Å². The van der Waals surface area contributed by atoms with Gasteiger partial charge in [-0.3, -0.25) is 0 Å². The van der Waals surface area contributed by atoms with Gasteiger partial charge in [0.2, 0.25) is 5.89 Å². The number of halogens is 1. The number of nitrogens with one attached hydrogen (secondary N) is 1. The molecule has 1 aromatic heterocycles. The highest BCUT2D eigenvalue weighted by Gasteiger charge is 2.22. The van der Waals surface area contributed by atoms with Crippen molar-refractivity contribution in [3.8, 4) is 0 Å².